The quantitative estimate of drug-likeness (QED) is 0.0596. The smallest absolute Gasteiger partial charge is 0.266 e. The van der Waals surface area contributed by atoms with E-state index in [-0.39, 0.29) is 28.7 Å². The molecule has 0 aliphatic carbocycles. The predicted molar refractivity (Wildman–Crippen MR) is 300 cm³/mol. The van der Waals surface area contributed by atoms with Gasteiger partial charge in [-0.1, -0.05) is 167 Å². The molecule has 9 nitrogen and oxygen atoms in total. The van der Waals surface area contributed by atoms with Gasteiger partial charge in [0.2, 0.25) is 0 Å². The van der Waals surface area contributed by atoms with Crippen molar-refractivity contribution >= 4 is 139 Å². The number of sulfone groups is 3. The van der Waals surface area contributed by atoms with Crippen LogP contribution in [0.5, 0.6) is 0 Å². The van der Waals surface area contributed by atoms with E-state index in [9.17, 15) is 25.3 Å². The SMILES string of the molecule is CCS(=O)(=O)c1ccc(C)cc1.CCS(=O)(=O)c1ccc(CBr)cc1.CCS(=O)(=O)c1ccc(CN)cc1.CCSc1ccc(C)cc1.CO.Cc1ccc(S)cc1.ClC(Cl)(Cl)Cl.ClCCl.N. The van der Waals surface area contributed by atoms with Gasteiger partial charge >= 0.3 is 0 Å². The van der Waals surface area contributed by atoms with Crippen LogP contribution in [0.1, 0.15) is 55.5 Å². The fourth-order valence-corrected chi connectivity index (χ4v) is 8.05. The van der Waals surface area contributed by atoms with E-state index in [0.717, 1.165) is 39.8 Å². The van der Waals surface area contributed by atoms with Crippen LogP contribution in [0.2, 0.25) is 0 Å². The Morgan fingerprint density at radius 2 is 0.806 bits per heavy atom. The van der Waals surface area contributed by atoms with Crippen molar-refractivity contribution in [2.24, 2.45) is 5.73 Å². The van der Waals surface area contributed by atoms with Gasteiger partial charge in [0.25, 0.3) is 3.25 Å². The third-order valence-corrected chi connectivity index (χ3v) is 14.9. The first kappa shape index (κ1) is 72.3. The number of aliphatic hydroxyl groups excluding tert-OH is 1. The standard InChI is InChI=1S/C9H11BrO2S.C9H13NO2S.C9H12O2S.C9H12S.C7H8S.CCl4.CH2Cl2.CH4O.H3N/c2*1-2-13(11,12)9-5-3-8(7-10)4-6-9;1-3-12(10,11)9-6-4-8(2)5-7-9;1-3-10-9-6-4-8(2)5-7-9;1-6-2-4-7(8)5-3-6;2-1(3,4)5;2-1-3;1-2;/h3-6H,2,7H2,1H3;3-6H,2,7,10H2,1H3;4-7H,3H2,1-2H3;4-7H,3H2,1-2H3;2-5,8H,1H3;;1H2;2H,1H3;1H3. The Kier molecular flexibility index (Phi) is 43.5. The molecule has 5 aromatic rings. The van der Waals surface area contributed by atoms with Crippen LogP contribution in [-0.4, -0.2) is 69.1 Å². The summed E-state index contributed by atoms with van der Waals surface area (Å²) in [5.41, 5.74) is 11.1. The molecule has 0 saturated heterocycles. The van der Waals surface area contributed by atoms with Crippen LogP contribution < -0.4 is 11.9 Å². The number of nitrogens with two attached hydrogens (primary N) is 1. The number of benzene rings is 5. The zero-order valence-corrected chi connectivity index (χ0v) is 49.2. The monoisotopic (exact) mass is 1210 g/mol. The lowest BCUT2D eigenvalue weighted by atomic mass is 10.2. The Morgan fingerprint density at radius 1 is 0.552 bits per heavy atom. The minimum atomic E-state index is -3.06. The Hall–Kier alpha value is -1.25. The minimum absolute atomic E-state index is 0. The average molecular weight is 1210 g/mol. The van der Waals surface area contributed by atoms with Gasteiger partial charge in [-0.25, -0.2) is 25.3 Å². The van der Waals surface area contributed by atoms with Gasteiger partial charge < -0.3 is 17.0 Å². The number of hydrogen-bond donors (Lipinski definition) is 4. The summed E-state index contributed by atoms with van der Waals surface area (Å²) in [5.74, 6) is 1.61. The van der Waals surface area contributed by atoms with Crippen molar-refractivity contribution in [2.75, 3.05) is 35.5 Å². The Bertz CT molecular complexity index is 2220. The molecule has 0 saturated carbocycles. The molecule has 0 unspecified atom stereocenters. The first-order valence-corrected chi connectivity index (χ1v) is 29.8. The van der Waals surface area contributed by atoms with Crippen molar-refractivity contribution in [1.82, 2.24) is 6.15 Å². The summed E-state index contributed by atoms with van der Waals surface area (Å²) in [6.45, 7) is 13.6. The fraction of sp³-hybridized carbons (Fsp3) is 0.348. The topological polar surface area (TPSA) is 184 Å². The molecule has 0 aliphatic heterocycles. The van der Waals surface area contributed by atoms with Crippen LogP contribution in [0.15, 0.2) is 146 Å². The number of alkyl halides is 7. The summed E-state index contributed by atoms with van der Waals surface area (Å²) in [4.78, 5) is 3.58. The molecule has 0 aliphatic rings. The van der Waals surface area contributed by atoms with Crippen molar-refractivity contribution in [3.8, 4) is 0 Å². The molecular weight excluding hydrogens is 1150 g/mol. The Labute approximate surface area is 450 Å². The lowest BCUT2D eigenvalue weighted by Gasteiger charge is -2.01. The highest BCUT2D eigenvalue weighted by Gasteiger charge is 2.12. The molecule has 0 amide bonds. The van der Waals surface area contributed by atoms with Gasteiger partial charge in [0.1, 0.15) is 0 Å². The molecule has 0 heterocycles. The third kappa shape index (κ3) is 37.2. The van der Waals surface area contributed by atoms with Gasteiger partial charge in [-0.05, 0) is 98.3 Å². The number of aliphatic hydroxyl groups is 1. The largest absolute Gasteiger partial charge is 0.400 e. The Balaban J connectivity index is -0.000000353. The molecule has 67 heavy (non-hydrogen) atoms. The van der Waals surface area contributed by atoms with Crippen molar-refractivity contribution in [1.29, 1.82) is 0 Å². The third-order valence-electron chi connectivity index (χ3n) is 7.84. The van der Waals surface area contributed by atoms with E-state index in [1.54, 1.807) is 69.3 Å². The summed E-state index contributed by atoms with van der Waals surface area (Å²) in [6.07, 6.45) is 0. The second-order valence-electron chi connectivity index (χ2n) is 12.8. The molecule has 0 spiro atoms. The summed E-state index contributed by atoms with van der Waals surface area (Å²) < 4.78 is 66.5. The first-order valence-electron chi connectivity index (χ1n) is 19.8. The summed E-state index contributed by atoms with van der Waals surface area (Å²) in [7, 11) is -8.12. The van der Waals surface area contributed by atoms with Crippen molar-refractivity contribution < 1.29 is 30.4 Å². The van der Waals surface area contributed by atoms with E-state index in [2.05, 4.69) is 73.6 Å². The summed E-state index contributed by atoms with van der Waals surface area (Å²) >= 11 is 38.1. The number of aryl methyl sites for hydroxylation is 3. The van der Waals surface area contributed by atoms with Gasteiger partial charge in [0.15, 0.2) is 29.5 Å². The van der Waals surface area contributed by atoms with E-state index in [4.69, 9.17) is 80.4 Å². The van der Waals surface area contributed by atoms with Crippen LogP contribution >= 0.6 is 110 Å². The van der Waals surface area contributed by atoms with Crippen molar-refractivity contribution in [3.05, 3.63) is 149 Å². The highest BCUT2D eigenvalue weighted by Crippen LogP contribution is 2.30. The zero-order chi connectivity index (χ0) is 51.6. The molecule has 0 bridgehead atoms. The average Bonchev–Trinajstić information content (AvgIpc) is 3.29. The first-order chi connectivity index (χ1) is 30.8. The zero-order valence-electron chi connectivity index (χ0n) is 38.9. The molecule has 380 valence electrons. The van der Waals surface area contributed by atoms with Gasteiger partial charge in [-0.2, -0.15) is 0 Å². The van der Waals surface area contributed by atoms with E-state index in [1.807, 2.05) is 67.2 Å². The molecule has 0 fully saturated rings. The molecular formula is C46H65BrCl6N2O7S5. The van der Waals surface area contributed by atoms with E-state index >= 15 is 0 Å². The molecule has 6 N–H and O–H groups in total. The Morgan fingerprint density at radius 3 is 1.04 bits per heavy atom. The van der Waals surface area contributed by atoms with E-state index in [1.165, 1.54) is 16.0 Å². The maximum absolute atomic E-state index is 11.4. The highest BCUT2D eigenvalue weighted by molar-refractivity contribution is 9.08. The van der Waals surface area contributed by atoms with Gasteiger partial charge in [-0.15, -0.1) is 47.6 Å². The van der Waals surface area contributed by atoms with Crippen LogP contribution in [0.4, 0.5) is 0 Å². The maximum atomic E-state index is 11.4. The van der Waals surface area contributed by atoms with Gasteiger partial charge in [0.05, 0.1) is 37.3 Å². The molecule has 0 aromatic heterocycles. The molecule has 5 rings (SSSR count). The van der Waals surface area contributed by atoms with Crippen LogP contribution in [0.25, 0.3) is 0 Å². The molecule has 0 radical (unpaired) electrons. The lowest BCUT2D eigenvalue weighted by Crippen LogP contribution is -2.04. The molecule has 5 aromatic carbocycles. The van der Waals surface area contributed by atoms with Crippen LogP contribution in [0.3, 0.4) is 0 Å². The normalized spacial score (nSPS) is 10.4. The van der Waals surface area contributed by atoms with Crippen LogP contribution in [0, 0.1) is 20.8 Å². The van der Waals surface area contributed by atoms with Crippen LogP contribution in [-0.2, 0) is 41.4 Å². The predicted octanol–water partition coefficient (Wildman–Crippen LogP) is 14.2. The molecule has 21 heteroatoms. The number of thioether (sulfide) groups is 1. The second kappa shape index (κ2) is 40.4. The lowest BCUT2D eigenvalue weighted by molar-refractivity contribution is 0.399. The van der Waals surface area contributed by atoms with E-state index < -0.39 is 32.8 Å². The number of thiol groups is 1. The minimum Gasteiger partial charge on any atom is -0.400 e. The summed E-state index contributed by atoms with van der Waals surface area (Å²) in [6, 6.07) is 37.2. The van der Waals surface area contributed by atoms with Gasteiger partial charge in [-0.3, -0.25) is 0 Å². The second-order valence-corrected chi connectivity index (χ2v) is 26.2. The fourth-order valence-electron chi connectivity index (χ4n) is 4.21. The van der Waals surface area contributed by atoms with E-state index in [0.29, 0.717) is 21.2 Å². The van der Waals surface area contributed by atoms with Gasteiger partial charge in [0, 0.05) is 28.8 Å². The van der Waals surface area contributed by atoms with Crippen molar-refractivity contribution in [3.63, 3.8) is 0 Å². The number of halogens is 7. The summed E-state index contributed by atoms with van der Waals surface area (Å²) in [5, 5.41) is 7.94. The number of hydrogen-bond acceptors (Lipinski definition) is 11. The molecule has 0 atom stereocenters. The maximum Gasteiger partial charge on any atom is 0.266 e. The highest BCUT2D eigenvalue weighted by atomic mass is 79.9. The van der Waals surface area contributed by atoms with Crippen molar-refractivity contribution in [2.45, 2.75) is 88.1 Å². The number of rotatable bonds is 10.